The van der Waals surface area contributed by atoms with Crippen molar-refractivity contribution >= 4 is 22.6 Å². The molecule has 0 amide bonds. The number of hydrogen-bond acceptors (Lipinski definition) is 7. The second-order valence-electron chi connectivity index (χ2n) is 4.62. The van der Waals surface area contributed by atoms with Crippen LogP contribution in [0.25, 0.3) is 5.70 Å². The monoisotopic (exact) mass is 317 g/mol. The number of nitrogens with zero attached hydrogens (tertiary/aromatic N) is 3. The number of para-hydroxylation sites is 1. The van der Waals surface area contributed by atoms with Crippen LogP contribution >= 0.6 is 11.8 Å². The Labute approximate surface area is 132 Å². The number of hydrogen-bond donors (Lipinski definition) is 0. The van der Waals surface area contributed by atoms with E-state index in [-0.39, 0.29) is 5.76 Å². The summed E-state index contributed by atoms with van der Waals surface area (Å²) < 4.78 is 10.7. The fourth-order valence-corrected chi connectivity index (χ4v) is 3.23. The van der Waals surface area contributed by atoms with Crippen molar-refractivity contribution in [1.82, 2.24) is 5.06 Å². The lowest BCUT2D eigenvalue weighted by Gasteiger charge is -2.31. The molecule has 2 aliphatic heterocycles. The minimum atomic E-state index is 0.165. The van der Waals surface area contributed by atoms with Crippen LogP contribution < -0.4 is 9.47 Å². The molecule has 2 heterocycles. The second kappa shape index (κ2) is 6.20. The Morgan fingerprint density at radius 2 is 2.23 bits per heavy atom. The fourth-order valence-electron chi connectivity index (χ4n) is 2.34. The van der Waals surface area contributed by atoms with Gasteiger partial charge in [0.05, 0.1) is 26.3 Å². The number of rotatable bonds is 3. The molecule has 6 nitrogen and oxygen atoms in total. The summed E-state index contributed by atoms with van der Waals surface area (Å²) in [5.41, 5.74) is 1.15. The first-order chi connectivity index (χ1) is 10.8. The predicted molar refractivity (Wildman–Crippen MR) is 84.4 cm³/mol. The molecule has 0 saturated carbocycles. The van der Waals surface area contributed by atoms with Crippen molar-refractivity contribution in [3.8, 4) is 17.6 Å². The van der Waals surface area contributed by atoms with E-state index in [2.05, 4.69) is 11.1 Å². The highest BCUT2D eigenvalue weighted by Gasteiger charge is 2.29. The molecule has 22 heavy (non-hydrogen) atoms. The molecule has 0 radical (unpaired) electrons. The average Bonchev–Trinajstić information content (AvgIpc) is 2.59. The number of thioether (sulfide) groups is 1. The molecule has 3 rings (SSSR count). The summed E-state index contributed by atoms with van der Waals surface area (Å²) >= 11 is 1.62. The molecule has 0 aromatic heterocycles. The van der Waals surface area contributed by atoms with E-state index in [4.69, 9.17) is 14.3 Å². The highest BCUT2D eigenvalue weighted by molar-refractivity contribution is 8.13. The zero-order chi connectivity index (χ0) is 15.5. The van der Waals surface area contributed by atoms with Gasteiger partial charge in [0.1, 0.15) is 11.8 Å². The van der Waals surface area contributed by atoms with Gasteiger partial charge in [-0.25, -0.2) is 4.99 Å². The van der Waals surface area contributed by atoms with Gasteiger partial charge in [-0.3, -0.25) is 0 Å². The fraction of sp³-hybridized carbons (Fsp3) is 0.333. The van der Waals surface area contributed by atoms with Crippen molar-refractivity contribution in [3.05, 3.63) is 29.5 Å². The van der Waals surface area contributed by atoms with E-state index < -0.39 is 0 Å². The van der Waals surface area contributed by atoms with Crippen LogP contribution in [0.5, 0.6) is 11.5 Å². The van der Waals surface area contributed by atoms with E-state index in [0.29, 0.717) is 22.8 Å². The van der Waals surface area contributed by atoms with Gasteiger partial charge in [-0.15, -0.1) is 0 Å². The molecule has 1 aromatic rings. The first-order valence-electron chi connectivity index (χ1n) is 6.81. The molecular weight excluding hydrogens is 302 g/mol. The third-order valence-corrected chi connectivity index (χ3v) is 4.38. The number of benzene rings is 1. The smallest absolute Gasteiger partial charge is 0.258 e. The van der Waals surface area contributed by atoms with E-state index in [9.17, 15) is 5.26 Å². The van der Waals surface area contributed by atoms with Crippen LogP contribution in [0.4, 0.5) is 0 Å². The van der Waals surface area contributed by atoms with E-state index in [1.54, 1.807) is 37.1 Å². The molecule has 0 spiro atoms. The number of allylic oxidation sites excluding steroid dienone is 1. The SMILES string of the molecule is COc1cccc(C2=C(C#N)ON3CCCSC3=N2)c1OC. The van der Waals surface area contributed by atoms with Gasteiger partial charge in [-0.05, 0) is 18.6 Å². The minimum absolute atomic E-state index is 0.165. The zero-order valence-corrected chi connectivity index (χ0v) is 13.1. The van der Waals surface area contributed by atoms with Crippen LogP contribution in [0.2, 0.25) is 0 Å². The molecule has 0 atom stereocenters. The zero-order valence-electron chi connectivity index (χ0n) is 12.3. The molecule has 114 valence electrons. The number of methoxy groups -OCH3 is 2. The average molecular weight is 317 g/mol. The van der Waals surface area contributed by atoms with Crippen molar-refractivity contribution in [2.45, 2.75) is 6.42 Å². The first kappa shape index (κ1) is 14.6. The van der Waals surface area contributed by atoms with Crippen molar-refractivity contribution in [1.29, 1.82) is 5.26 Å². The molecule has 1 aromatic carbocycles. The molecule has 1 fully saturated rings. The maximum absolute atomic E-state index is 9.40. The van der Waals surface area contributed by atoms with Gasteiger partial charge in [0.2, 0.25) is 0 Å². The third-order valence-electron chi connectivity index (χ3n) is 3.33. The first-order valence-corrected chi connectivity index (χ1v) is 7.79. The quantitative estimate of drug-likeness (QED) is 0.854. The molecule has 0 bridgehead atoms. The molecule has 2 aliphatic rings. The Kier molecular flexibility index (Phi) is 4.11. The lowest BCUT2D eigenvalue weighted by atomic mass is 10.1. The van der Waals surface area contributed by atoms with Crippen molar-refractivity contribution in [2.24, 2.45) is 4.99 Å². The lowest BCUT2D eigenvalue weighted by Crippen LogP contribution is -2.36. The van der Waals surface area contributed by atoms with Gasteiger partial charge in [0.15, 0.2) is 16.7 Å². The summed E-state index contributed by atoms with van der Waals surface area (Å²) in [7, 11) is 3.13. The summed E-state index contributed by atoms with van der Waals surface area (Å²) in [5, 5.41) is 11.8. The van der Waals surface area contributed by atoms with Crippen LogP contribution in [0, 0.1) is 11.3 Å². The lowest BCUT2D eigenvalue weighted by molar-refractivity contribution is -0.0445. The van der Waals surface area contributed by atoms with E-state index >= 15 is 0 Å². The molecule has 1 saturated heterocycles. The van der Waals surface area contributed by atoms with Crippen LogP contribution in [0.15, 0.2) is 29.0 Å². The van der Waals surface area contributed by atoms with Crippen LogP contribution in [-0.4, -0.2) is 36.7 Å². The number of ether oxygens (including phenoxy) is 2. The van der Waals surface area contributed by atoms with Crippen molar-refractivity contribution < 1.29 is 14.3 Å². The third kappa shape index (κ3) is 2.46. The van der Waals surface area contributed by atoms with Gasteiger partial charge in [-0.1, -0.05) is 17.8 Å². The Morgan fingerprint density at radius 1 is 1.36 bits per heavy atom. The largest absolute Gasteiger partial charge is 0.493 e. The highest BCUT2D eigenvalue weighted by atomic mass is 32.2. The number of fused-ring (bicyclic) bond motifs is 1. The summed E-state index contributed by atoms with van der Waals surface area (Å²) in [6, 6.07) is 7.55. The maximum atomic E-state index is 9.40. The van der Waals surface area contributed by atoms with E-state index in [0.717, 1.165) is 23.9 Å². The second-order valence-corrected chi connectivity index (χ2v) is 5.68. The van der Waals surface area contributed by atoms with Crippen LogP contribution in [0.1, 0.15) is 12.0 Å². The van der Waals surface area contributed by atoms with E-state index in [1.807, 2.05) is 12.1 Å². The van der Waals surface area contributed by atoms with Gasteiger partial charge in [-0.2, -0.15) is 10.3 Å². The number of nitriles is 1. The van der Waals surface area contributed by atoms with Gasteiger partial charge in [0, 0.05) is 5.75 Å². The molecule has 7 heteroatoms. The predicted octanol–water partition coefficient (Wildman–Crippen LogP) is 2.64. The number of aliphatic imine (C=N–C) groups is 1. The van der Waals surface area contributed by atoms with Crippen LogP contribution in [-0.2, 0) is 4.84 Å². The van der Waals surface area contributed by atoms with Gasteiger partial charge < -0.3 is 14.3 Å². The molecule has 0 aliphatic carbocycles. The summed E-state index contributed by atoms with van der Waals surface area (Å²) in [6.45, 7) is 0.736. The standard InChI is InChI=1S/C15H15N3O3S/c1-19-11-6-3-5-10(14(11)20-2)13-12(9-16)21-18-7-4-8-22-15(18)17-13/h3,5-6H,4,7-8H2,1-2H3. The Morgan fingerprint density at radius 3 is 2.95 bits per heavy atom. The minimum Gasteiger partial charge on any atom is -0.493 e. The highest BCUT2D eigenvalue weighted by Crippen LogP contribution is 2.39. The van der Waals surface area contributed by atoms with Crippen molar-refractivity contribution in [2.75, 3.05) is 26.5 Å². The number of amidine groups is 1. The Bertz CT molecular complexity index is 694. The topological polar surface area (TPSA) is 67.1 Å². The number of hydroxylamine groups is 2. The Balaban J connectivity index is 2.12. The normalized spacial score (nSPS) is 17.1. The molecule has 0 unspecified atom stereocenters. The van der Waals surface area contributed by atoms with Gasteiger partial charge >= 0.3 is 0 Å². The molecule has 0 N–H and O–H groups in total. The summed E-state index contributed by atoms with van der Waals surface area (Å²) in [5.74, 6) is 2.28. The molecular formula is C15H15N3O3S. The van der Waals surface area contributed by atoms with Crippen LogP contribution in [0.3, 0.4) is 0 Å². The summed E-state index contributed by atoms with van der Waals surface area (Å²) in [6.07, 6.45) is 1.00. The summed E-state index contributed by atoms with van der Waals surface area (Å²) in [4.78, 5) is 10.3. The Hall–Kier alpha value is -2.33. The maximum Gasteiger partial charge on any atom is 0.258 e. The van der Waals surface area contributed by atoms with E-state index in [1.165, 1.54) is 0 Å². The van der Waals surface area contributed by atoms with Gasteiger partial charge in [0.25, 0.3) is 5.76 Å². The van der Waals surface area contributed by atoms with Crippen molar-refractivity contribution in [3.63, 3.8) is 0 Å².